The van der Waals surface area contributed by atoms with Crippen molar-refractivity contribution >= 4 is 11.8 Å². The maximum Gasteiger partial charge on any atom is 0.224 e. The Hall–Kier alpha value is -1.85. The van der Waals surface area contributed by atoms with E-state index in [9.17, 15) is 9.59 Å². The fourth-order valence-corrected chi connectivity index (χ4v) is 4.13. The minimum absolute atomic E-state index is 0.0580. The highest BCUT2D eigenvalue weighted by Crippen LogP contribution is 2.28. The zero-order chi connectivity index (χ0) is 17.8. The highest BCUT2D eigenvalue weighted by atomic mass is 16.5. The second kappa shape index (κ2) is 8.02. The molecule has 1 atom stereocenters. The largest absolute Gasteiger partial charge is 0.361 e. The zero-order valence-corrected chi connectivity index (χ0v) is 15.3. The number of aromatic nitrogens is 1. The van der Waals surface area contributed by atoms with Gasteiger partial charge < -0.3 is 14.7 Å². The molecule has 0 aromatic carbocycles. The van der Waals surface area contributed by atoms with Gasteiger partial charge in [-0.05, 0) is 46.0 Å². The van der Waals surface area contributed by atoms with Crippen molar-refractivity contribution in [1.82, 2.24) is 15.4 Å². The highest BCUT2D eigenvalue weighted by Gasteiger charge is 2.34. The molecule has 0 spiro atoms. The van der Waals surface area contributed by atoms with Crippen LogP contribution in [0.5, 0.6) is 0 Å². The maximum atomic E-state index is 12.5. The summed E-state index contributed by atoms with van der Waals surface area (Å²) in [5, 5.41) is 7.01. The van der Waals surface area contributed by atoms with E-state index in [-0.39, 0.29) is 17.7 Å². The molecule has 2 heterocycles. The first-order valence-electron chi connectivity index (χ1n) is 9.55. The number of rotatable bonds is 6. The SMILES string of the molecule is Cc1noc(C)c1CCCNC(=O)C1CCC(=O)N(C2CCCC2)C1. The van der Waals surface area contributed by atoms with Gasteiger partial charge in [-0.25, -0.2) is 0 Å². The molecular weight excluding hydrogens is 318 g/mol. The number of hydrogen-bond donors (Lipinski definition) is 1. The molecule has 0 bridgehead atoms. The molecule has 1 saturated carbocycles. The van der Waals surface area contributed by atoms with Gasteiger partial charge in [-0.15, -0.1) is 0 Å². The third kappa shape index (κ3) is 4.22. The van der Waals surface area contributed by atoms with Gasteiger partial charge in [0.2, 0.25) is 11.8 Å². The molecule has 2 amide bonds. The zero-order valence-electron chi connectivity index (χ0n) is 15.3. The number of piperidine rings is 1. The predicted molar refractivity (Wildman–Crippen MR) is 94.0 cm³/mol. The van der Waals surface area contributed by atoms with Crippen LogP contribution in [0.25, 0.3) is 0 Å². The molecule has 3 rings (SSSR count). The van der Waals surface area contributed by atoms with E-state index in [1.54, 1.807) is 0 Å². The number of amides is 2. The molecule has 1 aromatic rings. The predicted octanol–water partition coefficient (Wildman–Crippen LogP) is 2.52. The van der Waals surface area contributed by atoms with Gasteiger partial charge in [-0.3, -0.25) is 9.59 Å². The minimum atomic E-state index is -0.0580. The van der Waals surface area contributed by atoms with Crippen LogP contribution in [0.1, 0.15) is 62.0 Å². The van der Waals surface area contributed by atoms with Gasteiger partial charge in [0.25, 0.3) is 0 Å². The number of carbonyl (C=O) groups excluding carboxylic acids is 2. The Labute approximate surface area is 149 Å². The summed E-state index contributed by atoms with van der Waals surface area (Å²) in [7, 11) is 0. The second-order valence-corrected chi connectivity index (χ2v) is 7.42. The number of nitrogens with one attached hydrogen (secondary N) is 1. The van der Waals surface area contributed by atoms with Crippen molar-refractivity contribution < 1.29 is 14.1 Å². The van der Waals surface area contributed by atoms with E-state index in [1.165, 1.54) is 12.8 Å². The number of hydrogen-bond acceptors (Lipinski definition) is 4. The van der Waals surface area contributed by atoms with Gasteiger partial charge >= 0.3 is 0 Å². The van der Waals surface area contributed by atoms with Crippen LogP contribution in [-0.4, -0.2) is 41.0 Å². The number of likely N-dealkylation sites (tertiary alicyclic amines) is 1. The van der Waals surface area contributed by atoms with Crippen LogP contribution in [0, 0.1) is 19.8 Å². The van der Waals surface area contributed by atoms with Gasteiger partial charge in [0, 0.05) is 31.1 Å². The molecule has 1 aliphatic heterocycles. The molecule has 0 radical (unpaired) electrons. The van der Waals surface area contributed by atoms with E-state index in [0.717, 1.165) is 42.7 Å². The van der Waals surface area contributed by atoms with E-state index in [2.05, 4.69) is 10.5 Å². The lowest BCUT2D eigenvalue weighted by Gasteiger charge is -2.36. The summed E-state index contributed by atoms with van der Waals surface area (Å²) in [4.78, 5) is 26.6. The molecule has 1 aromatic heterocycles. The first-order chi connectivity index (χ1) is 12.1. The summed E-state index contributed by atoms with van der Waals surface area (Å²) >= 11 is 0. The summed E-state index contributed by atoms with van der Waals surface area (Å²) in [6.07, 6.45) is 7.51. The molecule has 1 aliphatic carbocycles. The molecule has 1 saturated heterocycles. The lowest BCUT2D eigenvalue weighted by atomic mass is 9.94. The van der Waals surface area contributed by atoms with Crippen LogP contribution in [0.15, 0.2) is 4.52 Å². The van der Waals surface area contributed by atoms with Crippen LogP contribution in [-0.2, 0) is 16.0 Å². The number of nitrogens with zero attached hydrogens (tertiary/aromatic N) is 2. The van der Waals surface area contributed by atoms with Gasteiger partial charge in [-0.2, -0.15) is 0 Å². The molecule has 2 fully saturated rings. The van der Waals surface area contributed by atoms with Crippen LogP contribution in [0.3, 0.4) is 0 Å². The summed E-state index contributed by atoms with van der Waals surface area (Å²) in [5.74, 6) is 1.13. The van der Waals surface area contributed by atoms with Crippen molar-refractivity contribution in [3.63, 3.8) is 0 Å². The second-order valence-electron chi connectivity index (χ2n) is 7.42. The Morgan fingerprint density at radius 3 is 2.72 bits per heavy atom. The van der Waals surface area contributed by atoms with E-state index in [4.69, 9.17) is 4.52 Å². The fraction of sp³-hybridized carbons (Fsp3) is 0.737. The summed E-state index contributed by atoms with van der Waals surface area (Å²) in [6, 6.07) is 0.364. The Kier molecular flexibility index (Phi) is 5.76. The highest BCUT2D eigenvalue weighted by molar-refractivity contribution is 5.84. The number of aryl methyl sites for hydroxylation is 2. The van der Waals surface area contributed by atoms with Crippen molar-refractivity contribution in [3.05, 3.63) is 17.0 Å². The Morgan fingerprint density at radius 2 is 2.04 bits per heavy atom. The van der Waals surface area contributed by atoms with E-state index in [0.29, 0.717) is 32.0 Å². The van der Waals surface area contributed by atoms with Gasteiger partial charge in [0.15, 0.2) is 0 Å². The van der Waals surface area contributed by atoms with Crippen LogP contribution < -0.4 is 5.32 Å². The standard InChI is InChI=1S/C19H29N3O3/c1-13-17(14(2)25-21-13)8-5-11-20-19(24)15-9-10-18(23)22(12-15)16-6-3-4-7-16/h15-16H,3-12H2,1-2H3,(H,20,24). The average molecular weight is 347 g/mol. The Balaban J connectivity index is 1.44. The molecule has 1 N–H and O–H groups in total. The maximum absolute atomic E-state index is 12.5. The smallest absolute Gasteiger partial charge is 0.224 e. The van der Waals surface area contributed by atoms with E-state index < -0.39 is 0 Å². The third-order valence-corrected chi connectivity index (χ3v) is 5.66. The molecule has 6 nitrogen and oxygen atoms in total. The molecule has 25 heavy (non-hydrogen) atoms. The fourth-order valence-electron chi connectivity index (χ4n) is 4.13. The quantitative estimate of drug-likeness (QED) is 0.802. The Morgan fingerprint density at radius 1 is 1.28 bits per heavy atom. The Bertz CT molecular complexity index is 600. The first-order valence-corrected chi connectivity index (χ1v) is 9.55. The van der Waals surface area contributed by atoms with Crippen LogP contribution in [0.4, 0.5) is 0 Å². The monoisotopic (exact) mass is 347 g/mol. The van der Waals surface area contributed by atoms with Gasteiger partial charge in [0.05, 0.1) is 11.6 Å². The van der Waals surface area contributed by atoms with E-state index in [1.807, 2.05) is 18.7 Å². The summed E-state index contributed by atoms with van der Waals surface area (Å²) in [6.45, 7) is 5.11. The van der Waals surface area contributed by atoms with Crippen molar-refractivity contribution in [1.29, 1.82) is 0 Å². The first kappa shape index (κ1) is 18.0. The topological polar surface area (TPSA) is 75.4 Å². The van der Waals surface area contributed by atoms with Gasteiger partial charge in [0.1, 0.15) is 5.76 Å². The van der Waals surface area contributed by atoms with Crippen molar-refractivity contribution in [2.75, 3.05) is 13.1 Å². The molecule has 6 heteroatoms. The van der Waals surface area contributed by atoms with Crippen molar-refractivity contribution in [2.24, 2.45) is 5.92 Å². The molecule has 1 unspecified atom stereocenters. The summed E-state index contributed by atoms with van der Waals surface area (Å²) < 4.78 is 5.16. The van der Waals surface area contributed by atoms with Crippen molar-refractivity contribution in [2.45, 2.75) is 71.3 Å². The minimum Gasteiger partial charge on any atom is -0.361 e. The van der Waals surface area contributed by atoms with Crippen LogP contribution >= 0.6 is 0 Å². The van der Waals surface area contributed by atoms with Crippen molar-refractivity contribution in [3.8, 4) is 0 Å². The van der Waals surface area contributed by atoms with Gasteiger partial charge in [-0.1, -0.05) is 18.0 Å². The lowest BCUT2D eigenvalue weighted by Crippen LogP contribution is -2.49. The average Bonchev–Trinajstić information content (AvgIpc) is 3.23. The lowest BCUT2D eigenvalue weighted by molar-refractivity contribution is -0.140. The third-order valence-electron chi connectivity index (χ3n) is 5.66. The summed E-state index contributed by atoms with van der Waals surface area (Å²) in [5.41, 5.74) is 2.08. The molecular formula is C19H29N3O3. The van der Waals surface area contributed by atoms with Crippen LogP contribution in [0.2, 0.25) is 0 Å². The van der Waals surface area contributed by atoms with E-state index >= 15 is 0 Å². The normalized spacial score (nSPS) is 21.8. The molecule has 2 aliphatic rings. The molecule has 138 valence electrons. The number of carbonyl (C=O) groups is 2.